The third kappa shape index (κ3) is 2.63. The summed E-state index contributed by atoms with van der Waals surface area (Å²) < 4.78 is 5.45. The quantitative estimate of drug-likeness (QED) is 0.555. The van der Waals surface area contributed by atoms with Gasteiger partial charge in [0.2, 0.25) is 0 Å². The van der Waals surface area contributed by atoms with Crippen LogP contribution in [-0.2, 0) is 0 Å². The fourth-order valence-electron chi connectivity index (χ4n) is 2.27. The number of hydrogen-bond acceptors (Lipinski definition) is 4. The van der Waals surface area contributed by atoms with E-state index in [9.17, 15) is 0 Å². The summed E-state index contributed by atoms with van der Waals surface area (Å²) >= 11 is 0. The number of anilines is 2. The zero-order valence-electron chi connectivity index (χ0n) is 12.6. The van der Waals surface area contributed by atoms with Gasteiger partial charge < -0.3 is 9.73 Å². The Labute approximate surface area is 128 Å². The molecule has 22 heavy (non-hydrogen) atoms. The van der Waals surface area contributed by atoms with Crippen LogP contribution in [-0.4, -0.2) is 9.97 Å². The molecule has 0 amide bonds. The number of para-hydroxylation sites is 1. The van der Waals surface area contributed by atoms with Crippen LogP contribution in [0.4, 0.5) is 11.5 Å². The standard InChI is InChI=1S/C16H11N3O.C2H6/c1-2-4-12(5-3-1)19-16-13-9-15-11(6-7-20-15)8-14(13)17-10-18-16;1-2/h1-10H,(H,17,18,19);1-2H3. The molecule has 110 valence electrons. The van der Waals surface area contributed by atoms with Gasteiger partial charge >= 0.3 is 0 Å². The smallest absolute Gasteiger partial charge is 0.141 e. The number of fused-ring (bicyclic) bond motifs is 2. The fourth-order valence-corrected chi connectivity index (χ4v) is 2.27. The number of hydrogen-bond donors (Lipinski definition) is 1. The van der Waals surface area contributed by atoms with Gasteiger partial charge in [0.05, 0.1) is 11.8 Å². The first kappa shape index (κ1) is 14.1. The highest BCUT2D eigenvalue weighted by Crippen LogP contribution is 2.27. The maximum absolute atomic E-state index is 5.45. The molecule has 2 aromatic heterocycles. The molecule has 2 heterocycles. The molecule has 0 saturated carbocycles. The van der Waals surface area contributed by atoms with Crippen molar-refractivity contribution >= 4 is 33.4 Å². The number of furan rings is 1. The van der Waals surface area contributed by atoms with Gasteiger partial charge in [0.1, 0.15) is 17.7 Å². The zero-order chi connectivity index (χ0) is 15.4. The van der Waals surface area contributed by atoms with E-state index in [0.29, 0.717) is 0 Å². The van der Waals surface area contributed by atoms with Crippen LogP contribution in [0.2, 0.25) is 0 Å². The highest BCUT2D eigenvalue weighted by Gasteiger charge is 2.07. The molecule has 4 heteroatoms. The van der Waals surface area contributed by atoms with E-state index in [1.54, 1.807) is 12.6 Å². The molecule has 0 bridgehead atoms. The van der Waals surface area contributed by atoms with Crippen LogP contribution in [0.3, 0.4) is 0 Å². The Kier molecular flexibility index (Phi) is 4.01. The molecule has 0 aliphatic heterocycles. The van der Waals surface area contributed by atoms with E-state index in [0.717, 1.165) is 33.4 Å². The molecule has 0 fully saturated rings. The van der Waals surface area contributed by atoms with E-state index in [2.05, 4.69) is 15.3 Å². The van der Waals surface area contributed by atoms with E-state index < -0.39 is 0 Å². The average Bonchev–Trinajstić information content (AvgIpc) is 3.03. The predicted octanol–water partition coefficient (Wildman–Crippen LogP) is 5.15. The van der Waals surface area contributed by atoms with Crippen molar-refractivity contribution in [2.24, 2.45) is 0 Å². The van der Waals surface area contributed by atoms with Gasteiger partial charge in [0.15, 0.2) is 0 Å². The minimum absolute atomic E-state index is 0.777. The van der Waals surface area contributed by atoms with Crippen molar-refractivity contribution < 1.29 is 4.42 Å². The molecule has 0 atom stereocenters. The fraction of sp³-hybridized carbons (Fsp3) is 0.111. The molecule has 4 aromatic rings. The van der Waals surface area contributed by atoms with Gasteiger partial charge in [-0.25, -0.2) is 9.97 Å². The van der Waals surface area contributed by atoms with Crippen LogP contribution in [0.5, 0.6) is 0 Å². The van der Waals surface area contributed by atoms with Crippen LogP contribution in [0.1, 0.15) is 13.8 Å². The van der Waals surface area contributed by atoms with Gasteiger partial charge in [0.25, 0.3) is 0 Å². The average molecular weight is 291 g/mol. The Morgan fingerprint density at radius 1 is 0.955 bits per heavy atom. The van der Waals surface area contributed by atoms with E-state index in [-0.39, 0.29) is 0 Å². The van der Waals surface area contributed by atoms with Gasteiger partial charge in [-0.2, -0.15) is 0 Å². The molecule has 4 nitrogen and oxygen atoms in total. The van der Waals surface area contributed by atoms with Crippen molar-refractivity contribution in [3.8, 4) is 0 Å². The normalized spacial score (nSPS) is 10.3. The molecule has 4 rings (SSSR count). The predicted molar refractivity (Wildman–Crippen MR) is 90.4 cm³/mol. The number of nitrogens with one attached hydrogen (secondary N) is 1. The van der Waals surface area contributed by atoms with Crippen LogP contribution in [0, 0.1) is 0 Å². The van der Waals surface area contributed by atoms with Crippen molar-refractivity contribution in [1.82, 2.24) is 9.97 Å². The second-order valence-electron chi connectivity index (χ2n) is 4.54. The Bertz CT molecular complexity index is 885. The van der Waals surface area contributed by atoms with E-state index in [1.807, 2.05) is 62.4 Å². The van der Waals surface area contributed by atoms with Gasteiger partial charge in [-0.15, -0.1) is 0 Å². The van der Waals surface area contributed by atoms with Crippen LogP contribution in [0.25, 0.3) is 21.9 Å². The van der Waals surface area contributed by atoms with Crippen molar-refractivity contribution in [2.75, 3.05) is 5.32 Å². The lowest BCUT2D eigenvalue weighted by atomic mass is 10.2. The topological polar surface area (TPSA) is 51.0 Å². The van der Waals surface area contributed by atoms with Gasteiger partial charge in [-0.3, -0.25) is 0 Å². The highest BCUT2D eigenvalue weighted by molar-refractivity contribution is 5.99. The zero-order valence-corrected chi connectivity index (χ0v) is 12.6. The third-order valence-corrected chi connectivity index (χ3v) is 3.25. The molecule has 0 unspecified atom stereocenters. The Morgan fingerprint density at radius 2 is 1.77 bits per heavy atom. The van der Waals surface area contributed by atoms with Crippen LogP contribution >= 0.6 is 0 Å². The number of rotatable bonds is 2. The monoisotopic (exact) mass is 291 g/mol. The van der Waals surface area contributed by atoms with Gasteiger partial charge in [-0.05, 0) is 30.3 Å². The molecule has 0 aliphatic carbocycles. The van der Waals surface area contributed by atoms with Crippen LogP contribution in [0.15, 0.2) is 65.5 Å². The molecular formula is C18H17N3O. The number of benzene rings is 2. The van der Waals surface area contributed by atoms with Crippen LogP contribution < -0.4 is 5.32 Å². The lowest BCUT2D eigenvalue weighted by Crippen LogP contribution is -1.95. The maximum atomic E-state index is 5.45. The minimum Gasteiger partial charge on any atom is -0.464 e. The molecule has 0 aliphatic rings. The first-order valence-corrected chi connectivity index (χ1v) is 7.34. The summed E-state index contributed by atoms with van der Waals surface area (Å²) in [6, 6.07) is 15.9. The molecule has 0 saturated heterocycles. The third-order valence-electron chi connectivity index (χ3n) is 3.25. The summed E-state index contributed by atoms with van der Waals surface area (Å²) in [6.45, 7) is 4.00. The summed E-state index contributed by atoms with van der Waals surface area (Å²) in [4.78, 5) is 8.65. The maximum Gasteiger partial charge on any atom is 0.141 e. The van der Waals surface area contributed by atoms with Crippen molar-refractivity contribution in [3.63, 3.8) is 0 Å². The Morgan fingerprint density at radius 3 is 2.59 bits per heavy atom. The first-order chi connectivity index (χ1) is 10.9. The van der Waals surface area contributed by atoms with Crippen molar-refractivity contribution in [1.29, 1.82) is 0 Å². The van der Waals surface area contributed by atoms with E-state index >= 15 is 0 Å². The highest BCUT2D eigenvalue weighted by atomic mass is 16.3. The molecular weight excluding hydrogens is 274 g/mol. The number of aromatic nitrogens is 2. The molecule has 0 spiro atoms. The van der Waals surface area contributed by atoms with Gasteiger partial charge in [0, 0.05) is 16.5 Å². The lowest BCUT2D eigenvalue weighted by Gasteiger charge is -2.08. The van der Waals surface area contributed by atoms with E-state index in [1.165, 1.54) is 0 Å². The summed E-state index contributed by atoms with van der Waals surface area (Å²) in [5, 5.41) is 5.30. The van der Waals surface area contributed by atoms with Crippen molar-refractivity contribution in [2.45, 2.75) is 13.8 Å². The first-order valence-electron chi connectivity index (χ1n) is 7.34. The summed E-state index contributed by atoms with van der Waals surface area (Å²) in [6.07, 6.45) is 3.25. The van der Waals surface area contributed by atoms with Crippen molar-refractivity contribution in [3.05, 3.63) is 61.1 Å². The van der Waals surface area contributed by atoms with Gasteiger partial charge in [-0.1, -0.05) is 32.0 Å². The Balaban J connectivity index is 0.000000693. The largest absolute Gasteiger partial charge is 0.464 e. The number of nitrogens with zero attached hydrogens (tertiary/aromatic N) is 2. The summed E-state index contributed by atoms with van der Waals surface area (Å²) in [7, 11) is 0. The molecule has 0 radical (unpaired) electrons. The van der Waals surface area contributed by atoms with E-state index in [4.69, 9.17) is 4.42 Å². The Hall–Kier alpha value is -2.88. The molecule has 1 N–H and O–H groups in total. The minimum atomic E-state index is 0.777. The second-order valence-corrected chi connectivity index (χ2v) is 4.54. The second kappa shape index (κ2) is 6.26. The lowest BCUT2D eigenvalue weighted by molar-refractivity contribution is 0.616. The summed E-state index contributed by atoms with van der Waals surface area (Å²) in [5.74, 6) is 0.777. The SMILES string of the molecule is CC.c1ccc(Nc2ncnc3cc4ccoc4cc23)cc1. The summed E-state index contributed by atoms with van der Waals surface area (Å²) in [5.41, 5.74) is 2.72. The molecule has 2 aromatic carbocycles.